The smallest absolute Gasteiger partial charge is 0.236 e. The second-order valence-electron chi connectivity index (χ2n) is 5.33. The number of carbonyl (C=O) groups excluding carboxylic acids is 1. The van der Waals surface area contributed by atoms with Crippen LogP contribution in [0.3, 0.4) is 0 Å². The lowest BCUT2D eigenvalue weighted by Gasteiger charge is -2.17. The quantitative estimate of drug-likeness (QED) is 0.757. The maximum atomic E-state index is 12.0. The molecule has 4 heteroatoms. The highest BCUT2D eigenvalue weighted by atomic mass is 16.2. The fourth-order valence-electron chi connectivity index (χ4n) is 2.18. The Kier molecular flexibility index (Phi) is 6.58. The molecule has 1 heterocycles. The Morgan fingerprint density at radius 1 is 1.05 bits per heavy atom. The van der Waals surface area contributed by atoms with Gasteiger partial charge in [-0.1, -0.05) is 30.3 Å². The first kappa shape index (κ1) is 16.2. The molecule has 0 saturated heterocycles. The molecule has 0 aliphatic carbocycles. The summed E-state index contributed by atoms with van der Waals surface area (Å²) < 4.78 is 0. The van der Waals surface area contributed by atoms with E-state index in [1.165, 1.54) is 11.1 Å². The molecule has 0 radical (unpaired) electrons. The average Bonchev–Trinajstić information content (AvgIpc) is 2.58. The number of carbonyl (C=O) groups is 1. The van der Waals surface area contributed by atoms with Gasteiger partial charge in [-0.2, -0.15) is 0 Å². The van der Waals surface area contributed by atoms with Crippen LogP contribution in [0.4, 0.5) is 0 Å². The molecule has 1 N–H and O–H groups in total. The molecule has 0 atom stereocenters. The third kappa shape index (κ3) is 5.66. The van der Waals surface area contributed by atoms with E-state index in [0.29, 0.717) is 6.54 Å². The normalized spacial score (nSPS) is 10.4. The molecular formula is C18H23N3O. The molecule has 0 aliphatic rings. The number of hydrogen-bond donors (Lipinski definition) is 1. The molecule has 0 saturated carbocycles. The molecule has 4 nitrogen and oxygen atoms in total. The summed E-state index contributed by atoms with van der Waals surface area (Å²) >= 11 is 0. The summed E-state index contributed by atoms with van der Waals surface area (Å²) in [4.78, 5) is 17.8. The Hall–Kier alpha value is -2.20. The number of aromatic nitrogens is 1. The molecule has 0 bridgehead atoms. The molecule has 1 aromatic heterocycles. The zero-order valence-corrected chi connectivity index (χ0v) is 13.0. The van der Waals surface area contributed by atoms with Crippen molar-refractivity contribution in [2.24, 2.45) is 0 Å². The number of nitrogens with zero attached hydrogens (tertiary/aromatic N) is 2. The van der Waals surface area contributed by atoms with Crippen molar-refractivity contribution in [2.45, 2.75) is 12.8 Å². The summed E-state index contributed by atoms with van der Waals surface area (Å²) in [6, 6.07) is 14.3. The Bertz CT molecular complexity index is 557. The third-order valence-corrected chi connectivity index (χ3v) is 3.62. The summed E-state index contributed by atoms with van der Waals surface area (Å²) in [5.41, 5.74) is 2.49. The van der Waals surface area contributed by atoms with Crippen LogP contribution in [0.2, 0.25) is 0 Å². The minimum Gasteiger partial charge on any atom is -0.344 e. The first-order valence-electron chi connectivity index (χ1n) is 7.63. The van der Waals surface area contributed by atoms with Crippen LogP contribution in [0.5, 0.6) is 0 Å². The predicted molar refractivity (Wildman–Crippen MR) is 88.6 cm³/mol. The van der Waals surface area contributed by atoms with Crippen LogP contribution in [0.1, 0.15) is 11.1 Å². The van der Waals surface area contributed by atoms with Crippen molar-refractivity contribution in [1.82, 2.24) is 15.2 Å². The number of amides is 1. The van der Waals surface area contributed by atoms with Crippen molar-refractivity contribution in [3.8, 4) is 0 Å². The van der Waals surface area contributed by atoms with Gasteiger partial charge in [0.15, 0.2) is 0 Å². The zero-order valence-electron chi connectivity index (χ0n) is 13.0. The van der Waals surface area contributed by atoms with Crippen LogP contribution >= 0.6 is 0 Å². The third-order valence-electron chi connectivity index (χ3n) is 3.62. The molecule has 2 aromatic rings. The van der Waals surface area contributed by atoms with Crippen molar-refractivity contribution < 1.29 is 4.79 Å². The van der Waals surface area contributed by atoms with Crippen molar-refractivity contribution in [2.75, 3.05) is 26.7 Å². The van der Waals surface area contributed by atoms with E-state index < -0.39 is 0 Å². The Balaban J connectivity index is 1.62. The lowest BCUT2D eigenvalue weighted by molar-refractivity contribution is -0.128. The van der Waals surface area contributed by atoms with Gasteiger partial charge in [0.05, 0.1) is 6.54 Å². The highest BCUT2D eigenvalue weighted by Crippen LogP contribution is 2.00. The van der Waals surface area contributed by atoms with Gasteiger partial charge in [0, 0.05) is 26.0 Å². The van der Waals surface area contributed by atoms with Crippen LogP contribution in [0, 0.1) is 0 Å². The maximum Gasteiger partial charge on any atom is 0.236 e. The van der Waals surface area contributed by atoms with E-state index >= 15 is 0 Å². The van der Waals surface area contributed by atoms with E-state index in [-0.39, 0.29) is 5.91 Å². The minimum atomic E-state index is 0.127. The highest BCUT2D eigenvalue weighted by molar-refractivity contribution is 5.77. The largest absolute Gasteiger partial charge is 0.344 e. The maximum absolute atomic E-state index is 12.0. The van der Waals surface area contributed by atoms with E-state index in [1.54, 1.807) is 17.3 Å². The molecule has 22 heavy (non-hydrogen) atoms. The zero-order chi connectivity index (χ0) is 15.6. The molecule has 2 rings (SSSR count). The number of rotatable bonds is 8. The fraction of sp³-hybridized carbons (Fsp3) is 0.333. The number of nitrogens with one attached hydrogen (secondary N) is 1. The summed E-state index contributed by atoms with van der Waals surface area (Å²) in [6.45, 7) is 1.93. The van der Waals surface area contributed by atoms with Crippen molar-refractivity contribution in [3.05, 3.63) is 66.0 Å². The molecule has 0 unspecified atom stereocenters. The molecule has 0 aliphatic heterocycles. The number of likely N-dealkylation sites (N-methyl/N-ethyl adjacent to an activating group) is 1. The lowest BCUT2D eigenvalue weighted by Crippen LogP contribution is -2.37. The van der Waals surface area contributed by atoms with Crippen LogP contribution < -0.4 is 5.32 Å². The molecule has 116 valence electrons. The van der Waals surface area contributed by atoms with E-state index in [4.69, 9.17) is 0 Å². The molecule has 0 spiro atoms. The van der Waals surface area contributed by atoms with Gasteiger partial charge in [-0.05, 0) is 42.6 Å². The van der Waals surface area contributed by atoms with Crippen molar-refractivity contribution in [3.63, 3.8) is 0 Å². The first-order valence-corrected chi connectivity index (χ1v) is 7.63. The number of pyridine rings is 1. The van der Waals surface area contributed by atoms with Gasteiger partial charge < -0.3 is 10.2 Å². The Morgan fingerprint density at radius 3 is 2.45 bits per heavy atom. The van der Waals surface area contributed by atoms with Gasteiger partial charge in [0.25, 0.3) is 0 Å². The van der Waals surface area contributed by atoms with Crippen LogP contribution in [0.15, 0.2) is 54.9 Å². The van der Waals surface area contributed by atoms with E-state index in [9.17, 15) is 4.79 Å². The molecule has 1 aromatic carbocycles. The number of hydrogen-bond acceptors (Lipinski definition) is 3. The van der Waals surface area contributed by atoms with Gasteiger partial charge in [-0.3, -0.25) is 9.78 Å². The van der Waals surface area contributed by atoms with E-state index in [1.807, 2.05) is 37.4 Å². The van der Waals surface area contributed by atoms with Crippen molar-refractivity contribution >= 4 is 5.91 Å². The average molecular weight is 297 g/mol. The second kappa shape index (κ2) is 8.95. The van der Waals surface area contributed by atoms with Crippen LogP contribution in [0.25, 0.3) is 0 Å². The van der Waals surface area contributed by atoms with Crippen LogP contribution in [-0.2, 0) is 17.6 Å². The van der Waals surface area contributed by atoms with Gasteiger partial charge >= 0.3 is 0 Å². The van der Waals surface area contributed by atoms with Gasteiger partial charge in [0.1, 0.15) is 0 Å². The summed E-state index contributed by atoms with van der Waals surface area (Å²) in [6.07, 6.45) is 5.36. The lowest BCUT2D eigenvalue weighted by atomic mass is 10.1. The van der Waals surface area contributed by atoms with E-state index in [0.717, 1.165) is 25.9 Å². The Morgan fingerprint density at radius 2 is 1.73 bits per heavy atom. The Labute approximate surface area is 132 Å². The molecule has 0 fully saturated rings. The molecule has 1 amide bonds. The second-order valence-corrected chi connectivity index (χ2v) is 5.33. The van der Waals surface area contributed by atoms with E-state index in [2.05, 4.69) is 22.4 Å². The predicted octanol–water partition coefficient (Wildman–Crippen LogP) is 1.91. The fourth-order valence-corrected chi connectivity index (χ4v) is 2.18. The summed E-state index contributed by atoms with van der Waals surface area (Å²) in [7, 11) is 1.85. The summed E-state index contributed by atoms with van der Waals surface area (Å²) in [5.74, 6) is 0.127. The number of benzene rings is 1. The van der Waals surface area contributed by atoms with Gasteiger partial charge in [0.2, 0.25) is 5.91 Å². The highest BCUT2D eigenvalue weighted by Gasteiger charge is 2.07. The SMILES string of the molecule is CN(CCc1ccncc1)C(=O)CNCCc1ccccc1. The van der Waals surface area contributed by atoms with Gasteiger partial charge in [-0.25, -0.2) is 0 Å². The first-order chi connectivity index (χ1) is 10.8. The topological polar surface area (TPSA) is 45.2 Å². The summed E-state index contributed by atoms with van der Waals surface area (Å²) in [5, 5.41) is 3.21. The molecular weight excluding hydrogens is 274 g/mol. The standard InChI is InChI=1S/C18H23N3O/c1-21(14-10-17-7-11-19-12-8-17)18(22)15-20-13-9-16-5-3-2-4-6-16/h2-8,11-12,20H,9-10,13-15H2,1H3. The van der Waals surface area contributed by atoms with Crippen LogP contribution in [-0.4, -0.2) is 42.5 Å². The monoisotopic (exact) mass is 297 g/mol. The van der Waals surface area contributed by atoms with Crippen molar-refractivity contribution in [1.29, 1.82) is 0 Å². The minimum absolute atomic E-state index is 0.127. The van der Waals surface area contributed by atoms with Gasteiger partial charge in [-0.15, -0.1) is 0 Å².